The van der Waals surface area contributed by atoms with Gasteiger partial charge in [-0.3, -0.25) is 0 Å². The highest BCUT2D eigenvalue weighted by Crippen LogP contribution is 2.30. The fourth-order valence-electron chi connectivity index (χ4n) is 1.85. The Bertz CT molecular complexity index is 636. The van der Waals surface area contributed by atoms with Crippen LogP contribution in [0.3, 0.4) is 0 Å². The Kier molecular flexibility index (Phi) is 5.67. The molecule has 1 heterocycles. The van der Waals surface area contributed by atoms with Gasteiger partial charge in [0.25, 0.3) is 0 Å². The highest BCUT2D eigenvalue weighted by Gasteiger charge is 2.13. The minimum Gasteiger partial charge on any atom is -0.362 e. The number of anilines is 2. The highest BCUT2D eigenvalue weighted by atomic mass is 79.9. The van der Waals surface area contributed by atoms with Crippen molar-refractivity contribution in [2.75, 3.05) is 17.2 Å². The summed E-state index contributed by atoms with van der Waals surface area (Å²) in [6.45, 7) is 4.77. The van der Waals surface area contributed by atoms with Crippen LogP contribution >= 0.6 is 39.1 Å². The van der Waals surface area contributed by atoms with Crippen LogP contribution in [0.5, 0.6) is 0 Å². The predicted molar refractivity (Wildman–Crippen MR) is 92.4 cm³/mol. The molecular formula is C14H15BrCl2N4. The molecule has 0 aliphatic heterocycles. The highest BCUT2D eigenvalue weighted by molar-refractivity contribution is 9.10. The van der Waals surface area contributed by atoms with Crippen LogP contribution in [0.25, 0.3) is 0 Å². The maximum absolute atomic E-state index is 6.23. The van der Waals surface area contributed by atoms with Gasteiger partial charge in [0, 0.05) is 22.8 Å². The average Bonchev–Trinajstić information content (AvgIpc) is 2.42. The second kappa shape index (κ2) is 7.29. The Morgan fingerprint density at radius 3 is 2.76 bits per heavy atom. The zero-order valence-corrected chi connectivity index (χ0v) is 14.7. The van der Waals surface area contributed by atoms with Gasteiger partial charge in [0.15, 0.2) is 0 Å². The summed E-state index contributed by atoms with van der Waals surface area (Å²) >= 11 is 15.6. The quantitative estimate of drug-likeness (QED) is 0.742. The van der Waals surface area contributed by atoms with Gasteiger partial charge >= 0.3 is 0 Å². The van der Waals surface area contributed by atoms with Crippen molar-refractivity contribution >= 4 is 50.9 Å². The molecule has 1 aromatic carbocycles. The van der Waals surface area contributed by atoms with Gasteiger partial charge in [-0.15, -0.1) is 0 Å². The van der Waals surface area contributed by atoms with Crippen LogP contribution in [0.2, 0.25) is 10.0 Å². The first-order valence-electron chi connectivity index (χ1n) is 6.49. The van der Waals surface area contributed by atoms with Crippen LogP contribution in [0.4, 0.5) is 11.8 Å². The summed E-state index contributed by atoms with van der Waals surface area (Å²) < 4.78 is 0.793. The Morgan fingerprint density at radius 2 is 2.10 bits per heavy atom. The number of halogens is 3. The lowest BCUT2D eigenvalue weighted by molar-refractivity contribution is 0.870. The van der Waals surface area contributed by atoms with Gasteiger partial charge in [-0.2, -0.15) is 4.98 Å². The van der Waals surface area contributed by atoms with Crippen LogP contribution in [-0.4, -0.2) is 16.5 Å². The molecular weight excluding hydrogens is 375 g/mol. The lowest BCUT2D eigenvalue weighted by atomic mass is 10.1. The van der Waals surface area contributed by atoms with E-state index in [1.807, 2.05) is 26.0 Å². The summed E-state index contributed by atoms with van der Waals surface area (Å²) in [5, 5.41) is 7.64. The molecule has 21 heavy (non-hydrogen) atoms. The number of benzene rings is 1. The van der Waals surface area contributed by atoms with Crippen LogP contribution in [0.15, 0.2) is 28.9 Å². The van der Waals surface area contributed by atoms with E-state index in [4.69, 9.17) is 23.2 Å². The molecule has 0 radical (unpaired) electrons. The van der Waals surface area contributed by atoms with Crippen LogP contribution in [0.1, 0.15) is 25.5 Å². The van der Waals surface area contributed by atoms with Crippen molar-refractivity contribution in [3.8, 4) is 0 Å². The lowest BCUT2D eigenvalue weighted by Crippen LogP contribution is -2.11. The van der Waals surface area contributed by atoms with E-state index in [0.717, 1.165) is 16.6 Å². The zero-order valence-electron chi connectivity index (χ0n) is 11.6. The summed E-state index contributed by atoms with van der Waals surface area (Å²) in [7, 11) is 0. The third-order valence-corrected chi connectivity index (χ3v) is 4.00. The first-order valence-corrected chi connectivity index (χ1v) is 8.04. The number of nitrogens with one attached hydrogen (secondary N) is 2. The van der Waals surface area contributed by atoms with Crippen molar-refractivity contribution < 1.29 is 0 Å². The summed E-state index contributed by atoms with van der Waals surface area (Å²) in [5.74, 6) is 1.29. The van der Waals surface area contributed by atoms with E-state index in [1.54, 1.807) is 12.3 Å². The molecule has 0 saturated heterocycles. The van der Waals surface area contributed by atoms with Crippen molar-refractivity contribution in [2.45, 2.75) is 19.9 Å². The minimum absolute atomic E-state index is 0.0181. The average molecular weight is 390 g/mol. The Hall–Kier alpha value is -1.04. The Balaban J connectivity index is 2.22. The summed E-state index contributed by atoms with van der Waals surface area (Å²) in [6.07, 6.45) is 1.71. The molecule has 0 saturated carbocycles. The molecule has 0 aliphatic rings. The molecule has 0 spiro atoms. The van der Waals surface area contributed by atoms with E-state index in [-0.39, 0.29) is 6.04 Å². The maximum Gasteiger partial charge on any atom is 0.224 e. The third-order valence-electron chi connectivity index (χ3n) is 2.86. The lowest BCUT2D eigenvalue weighted by Gasteiger charge is -2.18. The molecule has 0 fully saturated rings. The molecule has 0 amide bonds. The van der Waals surface area contributed by atoms with Crippen LogP contribution in [-0.2, 0) is 0 Å². The van der Waals surface area contributed by atoms with Gasteiger partial charge in [0.1, 0.15) is 5.82 Å². The van der Waals surface area contributed by atoms with Gasteiger partial charge in [-0.1, -0.05) is 29.3 Å². The molecule has 2 rings (SSSR count). The first kappa shape index (κ1) is 16.3. The SMILES string of the molecule is CCNc1ncc(Br)c(NC(C)c2ccc(Cl)cc2Cl)n1. The Morgan fingerprint density at radius 1 is 1.33 bits per heavy atom. The molecule has 7 heteroatoms. The molecule has 112 valence electrons. The van der Waals surface area contributed by atoms with Crippen molar-refractivity contribution in [1.82, 2.24) is 9.97 Å². The molecule has 2 N–H and O–H groups in total. The molecule has 1 atom stereocenters. The number of hydrogen-bond donors (Lipinski definition) is 2. The monoisotopic (exact) mass is 388 g/mol. The van der Waals surface area contributed by atoms with Gasteiger partial charge in [0.05, 0.1) is 10.5 Å². The Labute approximate surface area is 142 Å². The molecule has 4 nitrogen and oxygen atoms in total. The van der Waals surface area contributed by atoms with E-state index in [9.17, 15) is 0 Å². The second-order valence-corrected chi connectivity index (χ2v) is 6.15. The van der Waals surface area contributed by atoms with Gasteiger partial charge in [-0.25, -0.2) is 4.98 Å². The van der Waals surface area contributed by atoms with Crippen LogP contribution < -0.4 is 10.6 Å². The molecule has 1 unspecified atom stereocenters. The second-order valence-electron chi connectivity index (χ2n) is 4.45. The van der Waals surface area contributed by atoms with Crippen molar-refractivity contribution in [1.29, 1.82) is 0 Å². The normalized spacial score (nSPS) is 12.0. The van der Waals surface area contributed by atoms with Gasteiger partial charge < -0.3 is 10.6 Å². The van der Waals surface area contributed by atoms with Crippen LogP contribution in [0, 0.1) is 0 Å². The van der Waals surface area contributed by atoms with E-state index in [1.165, 1.54) is 0 Å². The third kappa shape index (κ3) is 4.22. The van der Waals surface area contributed by atoms with Crippen molar-refractivity contribution in [3.05, 3.63) is 44.5 Å². The molecule has 2 aromatic rings. The van der Waals surface area contributed by atoms with Crippen molar-refractivity contribution in [3.63, 3.8) is 0 Å². The summed E-state index contributed by atoms with van der Waals surface area (Å²) in [5.41, 5.74) is 0.955. The number of aromatic nitrogens is 2. The largest absolute Gasteiger partial charge is 0.362 e. The van der Waals surface area contributed by atoms with Crippen molar-refractivity contribution in [2.24, 2.45) is 0 Å². The van der Waals surface area contributed by atoms with E-state index < -0.39 is 0 Å². The fraction of sp³-hybridized carbons (Fsp3) is 0.286. The summed E-state index contributed by atoms with van der Waals surface area (Å²) in [6, 6.07) is 5.44. The number of hydrogen-bond acceptors (Lipinski definition) is 4. The van der Waals surface area contributed by atoms with Gasteiger partial charge in [-0.05, 0) is 47.5 Å². The predicted octanol–water partition coefficient (Wildman–Crippen LogP) is 5.15. The zero-order chi connectivity index (χ0) is 15.4. The fourth-order valence-corrected chi connectivity index (χ4v) is 2.72. The smallest absolute Gasteiger partial charge is 0.224 e. The molecule has 0 aliphatic carbocycles. The molecule has 1 aromatic heterocycles. The topological polar surface area (TPSA) is 49.8 Å². The maximum atomic E-state index is 6.23. The minimum atomic E-state index is -0.0181. The van der Waals surface area contributed by atoms with Gasteiger partial charge in [0.2, 0.25) is 5.95 Å². The van der Waals surface area contributed by atoms with E-state index in [2.05, 4.69) is 36.5 Å². The number of nitrogens with zero attached hydrogens (tertiary/aromatic N) is 2. The molecule has 0 bridgehead atoms. The number of rotatable bonds is 5. The summed E-state index contributed by atoms with van der Waals surface area (Å²) in [4.78, 5) is 8.61. The van der Waals surface area contributed by atoms with E-state index >= 15 is 0 Å². The first-order chi connectivity index (χ1) is 10.0. The standard InChI is InChI=1S/C14H15BrCl2N4/c1-3-18-14-19-7-11(15)13(21-14)20-8(2)10-5-4-9(16)6-12(10)17/h4-8H,3H2,1-2H3,(H2,18,19,20,21). The van der Waals surface area contributed by atoms with E-state index in [0.29, 0.717) is 21.8 Å².